The van der Waals surface area contributed by atoms with Crippen LogP contribution >= 0.6 is 0 Å². The summed E-state index contributed by atoms with van der Waals surface area (Å²) in [5, 5.41) is 3.61. The molecule has 1 unspecified atom stereocenters. The fraction of sp³-hybridized carbons (Fsp3) is 0.571. The second-order valence-electron chi connectivity index (χ2n) is 5.06. The van der Waals surface area contributed by atoms with Gasteiger partial charge in [-0.25, -0.2) is 0 Å². The Labute approximate surface area is 98.7 Å². The van der Waals surface area contributed by atoms with E-state index in [0.29, 0.717) is 6.04 Å². The lowest BCUT2D eigenvalue weighted by atomic mass is 10.0. The van der Waals surface area contributed by atoms with E-state index in [4.69, 9.17) is 0 Å². The van der Waals surface area contributed by atoms with Crippen LogP contribution in [0.4, 0.5) is 5.69 Å². The Hall–Kier alpha value is -1.02. The van der Waals surface area contributed by atoms with E-state index in [1.54, 1.807) is 0 Å². The molecule has 2 rings (SSSR count). The number of piperazine rings is 1. The molecule has 0 spiro atoms. The lowest BCUT2D eigenvalue weighted by Gasteiger charge is -2.36. The fourth-order valence-electron chi connectivity index (χ4n) is 2.43. The molecule has 1 aliphatic heterocycles. The van der Waals surface area contributed by atoms with Crippen molar-refractivity contribution in [3.63, 3.8) is 0 Å². The second-order valence-corrected chi connectivity index (χ2v) is 5.06. The van der Waals surface area contributed by atoms with Gasteiger partial charge < -0.3 is 10.2 Å². The van der Waals surface area contributed by atoms with Crippen LogP contribution in [0.5, 0.6) is 0 Å². The molecule has 1 aromatic carbocycles. The predicted octanol–water partition coefficient (Wildman–Crippen LogP) is 2.51. The molecule has 1 atom stereocenters. The first kappa shape index (κ1) is 11.5. The van der Waals surface area contributed by atoms with Crippen LogP contribution in [0.15, 0.2) is 30.3 Å². The van der Waals surface area contributed by atoms with Crippen molar-refractivity contribution in [1.29, 1.82) is 0 Å². The number of nitrogens with zero attached hydrogens (tertiary/aromatic N) is 1. The first-order valence-electron chi connectivity index (χ1n) is 6.29. The van der Waals surface area contributed by atoms with Gasteiger partial charge in [0.2, 0.25) is 0 Å². The smallest absolute Gasteiger partial charge is 0.0367 e. The minimum absolute atomic E-state index is 0.647. The van der Waals surface area contributed by atoms with Gasteiger partial charge in [-0.2, -0.15) is 0 Å². The lowest BCUT2D eigenvalue weighted by molar-refractivity contribution is 0.388. The van der Waals surface area contributed by atoms with Crippen LogP contribution < -0.4 is 10.2 Å². The molecule has 1 fully saturated rings. The number of para-hydroxylation sites is 1. The standard InChI is InChI=1S/C14H22N2/c1-12(2)10-13-11-16(9-8-15-13)14-6-4-3-5-7-14/h3-7,12-13,15H,8-11H2,1-2H3. The highest BCUT2D eigenvalue weighted by molar-refractivity contribution is 5.46. The zero-order valence-corrected chi connectivity index (χ0v) is 10.3. The van der Waals surface area contributed by atoms with Gasteiger partial charge in [-0.3, -0.25) is 0 Å². The van der Waals surface area contributed by atoms with Crippen LogP contribution in [0.25, 0.3) is 0 Å². The van der Waals surface area contributed by atoms with Crippen LogP contribution in [0.3, 0.4) is 0 Å². The molecule has 0 aromatic heterocycles. The molecule has 1 aliphatic rings. The molecule has 0 radical (unpaired) electrons. The van der Waals surface area contributed by atoms with Gasteiger partial charge in [0.15, 0.2) is 0 Å². The quantitative estimate of drug-likeness (QED) is 0.838. The van der Waals surface area contributed by atoms with E-state index in [0.717, 1.165) is 25.6 Å². The number of nitrogens with one attached hydrogen (secondary N) is 1. The molecule has 0 amide bonds. The van der Waals surface area contributed by atoms with Gasteiger partial charge in [0, 0.05) is 31.4 Å². The number of hydrogen-bond acceptors (Lipinski definition) is 2. The molecule has 0 saturated carbocycles. The maximum Gasteiger partial charge on any atom is 0.0367 e. The van der Waals surface area contributed by atoms with Crippen LogP contribution in [-0.2, 0) is 0 Å². The molecular formula is C14H22N2. The molecule has 1 N–H and O–H groups in total. The van der Waals surface area contributed by atoms with E-state index in [2.05, 4.69) is 54.4 Å². The summed E-state index contributed by atoms with van der Waals surface area (Å²) in [6, 6.07) is 11.4. The van der Waals surface area contributed by atoms with Crippen LogP contribution in [0, 0.1) is 5.92 Å². The Morgan fingerprint density at radius 3 is 2.75 bits per heavy atom. The maximum absolute atomic E-state index is 3.61. The monoisotopic (exact) mass is 218 g/mol. The van der Waals surface area contributed by atoms with E-state index in [9.17, 15) is 0 Å². The molecule has 2 heteroatoms. The van der Waals surface area contributed by atoms with Gasteiger partial charge in [-0.05, 0) is 24.5 Å². The first-order valence-corrected chi connectivity index (χ1v) is 6.29. The molecule has 1 saturated heterocycles. The third-order valence-electron chi connectivity index (χ3n) is 3.13. The van der Waals surface area contributed by atoms with Crippen LogP contribution in [0.2, 0.25) is 0 Å². The molecule has 2 nitrogen and oxygen atoms in total. The number of rotatable bonds is 3. The maximum atomic E-state index is 3.61. The summed E-state index contributed by atoms with van der Waals surface area (Å²) >= 11 is 0. The fourth-order valence-corrected chi connectivity index (χ4v) is 2.43. The van der Waals surface area contributed by atoms with Gasteiger partial charge in [0.25, 0.3) is 0 Å². The minimum Gasteiger partial charge on any atom is -0.369 e. The molecule has 1 heterocycles. The van der Waals surface area contributed by atoms with Crippen molar-refractivity contribution in [3.8, 4) is 0 Å². The third-order valence-corrected chi connectivity index (χ3v) is 3.13. The van der Waals surface area contributed by atoms with Crippen molar-refractivity contribution in [2.45, 2.75) is 26.3 Å². The summed E-state index contributed by atoms with van der Waals surface area (Å²) in [6.07, 6.45) is 1.27. The Morgan fingerprint density at radius 2 is 2.06 bits per heavy atom. The van der Waals surface area contributed by atoms with E-state index in [1.165, 1.54) is 12.1 Å². The predicted molar refractivity (Wildman–Crippen MR) is 69.9 cm³/mol. The van der Waals surface area contributed by atoms with Gasteiger partial charge in [-0.15, -0.1) is 0 Å². The molecule has 88 valence electrons. The molecule has 0 bridgehead atoms. The summed E-state index contributed by atoms with van der Waals surface area (Å²) in [7, 11) is 0. The van der Waals surface area contributed by atoms with Gasteiger partial charge in [-0.1, -0.05) is 32.0 Å². The number of anilines is 1. The molecule has 16 heavy (non-hydrogen) atoms. The summed E-state index contributed by atoms with van der Waals surface area (Å²) in [4.78, 5) is 2.49. The first-order chi connectivity index (χ1) is 7.75. The van der Waals surface area contributed by atoms with Crippen LogP contribution in [-0.4, -0.2) is 25.7 Å². The Morgan fingerprint density at radius 1 is 1.31 bits per heavy atom. The average molecular weight is 218 g/mol. The lowest BCUT2D eigenvalue weighted by Crippen LogP contribution is -2.51. The van der Waals surface area contributed by atoms with Crippen molar-refractivity contribution in [1.82, 2.24) is 5.32 Å². The highest BCUT2D eigenvalue weighted by Crippen LogP contribution is 2.17. The van der Waals surface area contributed by atoms with E-state index in [1.807, 2.05) is 0 Å². The van der Waals surface area contributed by atoms with Crippen molar-refractivity contribution in [2.75, 3.05) is 24.5 Å². The van der Waals surface area contributed by atoms with Crippen molar-refractivity contribution in [3.05, 3.63) is 30.3 Å². The highest BCUT2D eigenvalue weighted by Gasteiger charge is 2.19. The van der Waals surface area contributed by atoms with E-state index >= 15 is 0 Å². The summed E-state index contributed by atoms with van der Waals surface area (Å²) in [5.74, 6) is 0.772. The van der Waals surface area contributed by atoms with Gasteiger partial charge >= 0.3 is 0 Å². The molecule has 1 aromatic rings. The average Bonchev–Trinajstić information content (AvgIpc) is 2.30. The summed E-state index contributed by atoms with van der Waals surface area (Å²) in [6.45, 7) is 7.96. The second kappa shape index (κ2) is 5.35. The summed E-state index contributed by atoms with van der Waals surface area (Å²) in [5.41, 5.74) is 1.36. The largest absolute Gasteiger partial charge is 0.369 e. The Bertz CT molecular complexity index is 308. The number of hydrogen-bond donors (Lipinski definition) is 1. The normalized spacial score (nSPS) is 21.4. The zero-order valence-electron chi connectivity index (χ0n) is 10.3. The highest BCUT2D eigenvalue weighted by atomic mass is 15.2. The molecule has 0 aliphatic carbocycles. The van der Waals surface area contributed by atoms with Crippen molar-refractivity contribution < 1.29 is 0 Å². The summed E-state index contributed by atoms with van der Waals surface area (Å²) < 4.78 is 0. The minimum atomic E-state index is 0.647. The number of benzene rings is 1. The van der Waals surface area contributed by atoms with Crippen molar-refractivity contribution in [2.24, 2.45) is 5.92 Å². The van der Waals surface area contributed by atoms with Crippen molar-refractivity contribution >= 4 is 5.69 Å². The van der Waals surface area contributed by atoms with Crippen LogP contribution in [0.1, 0.15) is 20.3 Å². The molecular weight excluding hydrogens is 196 g/mol. The van der Waals surface area contributed by atoms with Gasteiger partial charge in [0.1, 0.15) is 0 Å². The van der Waals surface area contributed by atoms with Gasteiger partial charge in [0.05, 0.1) is 0 Å². The SMILES string of the molecule is CC(C)CC1CN(c2ccccc2)CCN1. The Balaban J connectivity index is 1.97. The van der Waals surface area contributed by atoms with E-state index in [-0.39, 0.29) is 0 Å². The third kappa shape index (κ3) is 2.99. The zero-order chi connectivity index (χ0) is 11.4. The Kier molecular flexibility index (Phi) is 3.83. The van der Waals surface area contributed by atoms with E-state index < -0.39 is 0 Å². The topological polar surface area (TPSA) is 15.3 Å².